The monoisotopic (exact) mass is 288 g/mol. The van der Waals surface area contributed by atoms with Gasteiger partial charge in [-0.15, -0.1) is 0 Å². The number of pyridine rings is 1. The van der Waals surface area contributed by atoms with Gasteiger partial charge in [-0.2, -0.15) is 0 Å². The lowest BCUT2D eigenvalue weighted by atomic mass is 9.84. The van der Waals surface area contributed by atoms with Crippen LogP contribution in [0.3, 0.4) is 0 Å². The van der Waals surface area contributed by atoms with Crippen LogP contribution in [0.25, 0.3) is 0 Å². The van der Waals surface area contributed by atoms with Crippen molar-refractivity contribution < 1.29 is 8.42 Å². The predicted molar refractivity (Wildman–Crippen MR) is 71.1 cm³/mol. The molecule has 1 aliphatic rings. The van der Waals surface area contributed by atoms with Crippen molar-refractivity contribution in [2.75, 3.05) is 0 Å². The molecule has 1 saturated carbocycles. The highest BCUT2D eigenvalue weighted by molar-refractivity contribution is 7.89. The minimum absolute atomic E-state index is 0.0180. The summed E-state index contributed by atoms with van der Waals surface area (Å²) < 4.78 is 27.4. The summed E-state index contributed by atoms with van der Waals surface area (Å²) in [7, 11) is -3.59. The second-order valence-electron chi connectivity index (χ2n) is 5.02. The number of nitrogens with one attached hydrogen (secondary N) is 1. The summed E-state index contributed by atoms with van der Waals surface area (Å²) >= 11 is 5.84. The molecule has 1 heterocycles. The molecule has 0 amide bonds. The third kappa shape index (κ3) is 3.02. The minimum Gasteiger partial charge on any atom is -0.243 e. The molecule has 4 nitrogen and oxygen atoms in total. The summed E-state index contributed by atoms with van der Waals surface area (Å²) in [5, 5.41) is 0.0180. The van der Waals surface area contributed by atoms with Crippen molar-refractivity contribution in [1.82, 2.24) is 9.71 Å². The van der Waals surface area contributed by atoms with Gasteiger partial charge in [-0.3, -0.25) is 0 Å². The zero-order valence-corrected chi connectivity index (χ0v) is 11.9. The van der Waals surface area contributed by atoms with Crippen LogP contribution in [0, 0.1) is 0 Å². The molecule has 1 fully saturated rings. The number of aromatic nitrogens is 1. The highest BCUT2D eigenvalue weighted by atomic mass is 35.5. The SMILES string of the molecule is CC1(NS(=O)(=O)c2cccnc2Cl)CCCCC1. The Balaban J connectivity index is 2.25. The van der Waals surface area contributed by atoms with Gasteiger partial charge >= 0.3 is 0 Å². The van der Waals surface area contributed by atoms with Gasteiger partial charge in [0.25, 0.3) is 0 Å². The van der Waals surface area contributed by atoms with Gasteiger partial charge in [0.15, 0.2) is 0 Å². The van der Waals surface area contributed by atoms with Crippen LogP contribution in [0.4, 0.5) is 0 Å². The van der Waals surface area contributed by atoms with E-state index in [1.165, 1.54) is 18.7 Å². The van der Waals surface area contributed by atoms with Crippen molar-refractivity contribution in [2.24, 2.45) is 0 Å². The van der Waals surface area contributed by atoms with Crippen LogP contribution < -0.4 is 4.72 Å². The average molecular weight is 289 g/mol. The normalized spacial score (nSPS) is 19.7. The first-order valence-electron chi connectivity index (χ1n) is 6.07. The zero-order valence-electron chi connectivity index (χ0n) is 10.3. The molecule has 2 rings (SSSR count). The summed E-state index contributed by atoms with van der Waals surface area (Å²) in [6.07, 6.45) is 6.49. The van der Waals surface area contributed by atoms with E-state index in [0.29, 0.717) is 0 Å². The van der Waals surface area contributed by atoms with Crippen LogP contribution in [-0.4, -0.2) is 18.9 Å². The second-order valence-corrected chi connectivity index (χ2v) is 7.03. The van der Waals surface area contributed by atoms with Gasteiger partial charge in [0, 0.05) is 11.7 Å². The van der Waals surface area contributed by atoms with Gasteiger partial charge < -0.3 is 0 Å². The lowest BCUT2D eigenvalue weighted by Crippen LogP contribution is -2.47. The van der Waals surface area contributed by atoms with Crippen molar-refractivity contribution in [1.29, 1.82) is 0 Å². The Hall–Kier alpha value is -0.650. The molecule has 0 unspecified atom stereocenters. The summed E-state index contributed by atoms with van der Waals surface area (Å²) in [5.41, 5.74) is -0.365. The maximum absolute atomic E-state index is 12.3. The molecular formula is C12H17ClN2O2S. The Morgan fingerprint density at radius 1 is 1.33 bits per heavy atom. The summed E-state index contributed by atoms with van der Waals surface area (Å²) in [6, 6.07) is 3.05. The van der Waals surface area contributed by atoms with E-state index >= 15 is 0 Å². The van der Waals surface area contributed by atoms with Crippen LogP contribution in [0.2, 0.25) is 5.15 Å². The first-order valence-corrected chi connectivity index (χ1v) is 7.94. The quantitative estimate of drug-likeness (QED) is 0.870. The Labute approximate surface area is 113 Å². The topological polar surface area (TPSA) is 59.1 Å². The predicted octanol–water partition coefficient (Wildman–Crippen LogP) is 2.74. The number of rotatable bonds is 3. The Morgan fingerprint density at radius 3 is 2.61 bits per heavy atom. The van der Waals surface area contributed by atoms with E-state index in [-0.39, 0.29) is 15.6 Å². The fraction of sp³-hybridized carbons (Fsp3) is 0.583. The van der Waals surface area contributed by atoms with E-state index in [1.807, 2.05) is 6.92 Å². The molecule has 0 aliphatic heterocycles. The lowest BCUT2D eigenvalue weighted by Gasteiger charge is -2.34. The zero-order chi connectivity index (χ0) is 13.2. The van der Waals surface area contributed by atoms with Crippen molar-refractivity contribution in [3.8, 4) is 0 Å². The molecule has 1 N–H and O–H groups in total. The first-order chi connectivity index (χ1) is 8.43. The molecule has 1 aromatic rings. The lowest BCUT2D eigenvalue weighted by molar-refractivity contribution is 0.294. The summed E-state index contributed by atoms with van der Waals surface area (Å²) in [4.78, 5) is 3.86. The Morgan fingerprint density at radius 2 is 2.00 bits per heavy atom. The van der Waals surface area contributed by atoms with Crippen molar-refractivity contribution in [2.45, 2.75) is 49.5 Å². The van der Waals surface area contributed by atoms with E-state index in [2.05, 4.69) is 9.71 Å². The smallest absolute Gasteiger partial charge is 0.243 e. The molecule has 18 heavy (non-hydrogen) atoms. The van der Waals surface area contributed by atoms with Crippen LogP contribution in [0.1, 0.15) is 39.0 Å². The molecule has 0 radical (unpaired) electrons. The van der Waals surface area contributed by atoms with E-state index in [4.69, 9.17) is 11.6 Å². The third-order valence-corrected chi connectivity index (χ3v) is 5.44. The third-order valence-electron chi connectivity index (χ3n) is 3.35. The van der Waals surface area contributed by atoms with E-state index in [1.54, 1.807) is 6.07 Å². The molecule has 1 aromatic heterocycles. The van der Waals surface area contributed by atoms with Crippen LogP contribution in [0.5, 0.6) is 0 Å². The number of sulfonamides is 1. The van der Waals surface area contributed by atoms with Gasteiger partial charge in [-0.05, 0) is 31.9 Å². The molecule has 0 saturated heterocycles. The molecule has 0 atom stereocenters. The van der Waals surface area contributed by atoms with Gasteiger partial charge in [0.2, 0.25) is 10.0 Å². The van der Waals surface area contributed by atoms with Crippen molar-refractivity contribution in [3.63, 3.8) is 0 Å². The fourth-order valence-corrected chi connectivity index (χ4v) is 4.30. The van der Waals surface area contributed by atoms with Crippen molar-refractivity contribution in [3.05, 3.63) is 23.5 Å². The van der Waals surface area contributed by atoms with Gasteiger partial charge in [-0.1, -0.05) is 30.9 Å². The van der Waals surface area contributed by atoms with Crippen LogP contribution in [-0.2, 0) is 10.0 Å². The maximum Gasteiger partial charge on any atom is 0.244 e. The Kier molecular flexibility index (Phi) is 3.94. The molecular weight excluding hydrogens is 272 g/mol. The molecule has 6 heteroatoms. The molecule has 0 bridgehead atoms. The standard InChI is InChI=1S/C12H17ClN2O2S/c1-12(7-3-2-4-8-12)15-18(16,17)10-6-5-9-14-11(10)13/h5-6,9,15H,2-4,7-8H2,1H3. The number of halogens is 1. The molecule has 0 aromatic carbocycles. The molecule has 1 aliphatic carbocycles. The van der Waals surface area contributed by atoms with E-state index < -0.39 is 10.0 Å². The maximum atomic E-state index is 12.3. The highest BCUT2D eigenvalue weighted by Crippen LogP contribution is 2.30. The molecule has 100 valence electrons. The van der Waals surface area contributed by atoms with Crippen LogP contribution >= 0.6 is 11.6 Å². The largest absolute Gasteiger partial charge is 0.244 e. The number of nitrogens with zero attached hydrogens (tertiary/aromatic N) is 1. The van der Waals surface area contributed by atoms with Gasteiger partial charge in [0.1, 0.15) is 10.0 Å². The fourth-order valence-electron chi connectivity index (χ4n) is 2.39. The Bertz CT molecular complexity index is 525. The highest BCUT2D eigenvalue weighted by Gasteiger charge is 2.32. The van der Waals surface area contributed by atoms with Gasteiger partial charge in [0.05, 0.1) is 0 Å². The average Bonchev–Trinajstić information content (AvgIpc) is 2.28. The minimum atomic E-state index is -3.59. The number of hydrogen-bond donors (Lipinski definition) is 1. The van der Waals surface area contributed by atoms with Crippen LogP contribution in [0.15, 0.2) is 23.2 Å². The first kappa shape index (κ1) is 13.8. The second kappa shape index (κ2) is 5.15. The van der Waals surface area contributed by atoms with E-state index in [0.717, 1.165) is 25.7 Å². The van der Waals surface area contributed by atoms with E-state index in [9.17, 15) is 8.42 Å². The number of hydrogen-bond acceptors (Lipinski definition) is 3. The summed E-state index contributed by atoms with van der Waals surface area (Å²) in [6.45, 7) is 1.95. The van der Waals surface area contributed by atoms with Gasteiger partial charge in [-0.25, -0.2) is 18.1 Å². The van der Waals surface area contributed by atoms with Crippen molar-refractivity contribution >= 4 is 21.6 Å². The summed E-state index contributed by atoms with van der Waals surface area (Å²) in [5.74, 6) is 0. The molecule has 0 spiro atoms.